The third-order valence-electron chi connectivity index (χ3n) is 4.05. The van der Waals surface area contributed by atoms with E-state index >= 15 is 0 Å². The zero-order valence-electron chi connectivity index (χ0n) is 13.7. The molecule has 3 rings (SSSR count). The third-order valence-corrected chi connectivity index (χ3v) is 5.94. The zero-order chi connectivity index (χ0) is 17.9. The number of carbonyl (C=O) groups is 1. The summed E-state index contributed by atoms with van der Waals surface area (Å²) in [7, 11) is -2.30. The van der Waals surface area contributed by atoms with E-state index in [9.17, 15) is 13.2 Å². The summed E-state index contributed by atoms with van der Waals surface area (Å²) in [4.78, 5) is 16.3. The summed E-state index contributed by atoms with van der Waals surface area (Å²) in [5.74, 6) is 0.193. The van der Waals surface area contributed by atoms with Crippen LogP contribution < -0.4 is 10.1 Å². The predicted octanol–water partition coefficient (Wildman–Crippen LogP) is 1.04. The molecule has 1 aliphatic rings. The number of hydrogen-bond acceptors (Lipinski definition) is 5. The van der Waals surface area contributed by atoms with Crippen molar-refractivity contribution in [1.29, 1.82) is 0 Å². The van der Waals surface area contributed by atoms with Gasteiger partial charge in [-0.05, 0) is 24.3 Å². The molecule has 1 aromatic heterocycles. The first-order valence-electron chi connectivity index (χ1n) is 7.87. The molecule has 1 aromatic carbocycles. The van der Waals surface area contributed by atoms with E-state index < -0.39 is 22.2 Å². The van der Waals surface area contributed by atoms with Crippen LogP contribution in [0.15, 0.2) is 59.8 Å². The van der Waals surface area contributed by atoms with Crippen molar-refractivity contribution in [2.45, 2.75) is 23.5 Å². The lowest BCUT2D eigenvalue weighted by Crippen LogP contribution is -2.44. The fourth-order valence-electron chi connectivity index (χ4n) is 2.86. The van der Waals surface area contributed by atoms with Crippen molar-refractivity contribution in [1.82, 2.24) is 14.6 Å². The first kappa shape index (κ1) is 17.4. The van der Waals surface area contributed by atoms with Gasteiger partial charge in [0.1, 0.15) is 17.9 Å². The van der Waals surface area contributed by atoms with Crippen LogP contribution >= 0.6 is 0 Å². The molecule has 132 valence electrons. The Balaban J connectivity index is 1.87. The van der Waals surface area contributed by atoms with E-state index in [1.807, 2.05) is 0 Å². The van der Waals surface area contributed by atoms with Gasteiger partial charge in [-0.3, -0.25) is 9.78 Å². The second-order valence-corrected chi connectivity index (χ2v) is 7.57. The number of nitrogens with one attached hydrogen (secondary N) is 1. The molecule has 1 amide bonds. The van der Waals surface area contributed by atoms with Crippen LogP contribution in [0.5, 0.6) is 5.75 Å². The highest BCUT2D eigenvalue weighted by Gasteiger charge is 2.44. The maximum atomic E-state index is 12.9. The minimum Gasteiger partial charge on any atom is -0.487 e. The summed E-state index contributed by atoms with van der Waals surface area (Å²) >= 11 is 0. The molecule has 0 aliphatic carbocycles. The number of rotatable bonds is 5. The van der Waals surface area contributed by atoms with E-state index in [0.717, 1.165) is 0 Å². The fourth-order valence-corrected chi connectivity index (χ4v) is 4.51. The average molecular weight is 361 g/mol. The molecular weight excluding hydrogens is 342 g/mol. The number of ether oxygens (including phenoxy) is 1. The molecule has 1 fully saturated rings. The van der Waals surface area contributed by atoms with Gasteiger partial charge in [0.05, 0.1) is 17.6 Å². The Morgan fingerprint density at radius 3 is 2.64 bits per heavy atom. The monoisotopic (exact) mass is 361 g/mol. The van der Waals surface area contributed by atoms with Crippen molar-refractivity contribution in [3.05, 3.63) is 54.9 Å². The topological polar surface area (TPSA) is 88.6 Å². The van der Waals surface area contributed by atoms with Crippen molar-refractivity contribution < 1.29 is 17.9 Å². The summed E-state index contributed by atoms with van der Waals surface area (Å²) in [6, 6.07) is 10.8. The van der Waals surface area contributed by atoms with Crippen LogP contribution in [-0.4, -0.2) is 49.4 Å². The molecule has 2 aromatic rings. The second kappa shape index (κ2) is 7.20. The van der Waals surface area contributed by atoms with E-state index in [2.05, 4.69) is 10.3 Å². The van der Waals surface area contributed by atoms with Crippen molar-refractivity contribution >= 4 is 15.9 Å². The average Bonchev–Trinajstić information content (AvgIpc) is 3.07. The van der Waals surface area contributed by atoms with Crippen LogP contribution in [-0.2, 0) is 14.8 Å². The Morgan fingerprint density at radius 1 is 1.24 bits per heavy atom. The van der Waals surface area contributed by atoms with Gasteiger partial charge in [-0.1, -0.05) is 18.2 Å². The van der Waals surface area contributed by atoms with Crippen molar-refractivity contribution in [2.75, 3.05) is 13.6 Å². The van der Waals surface area contributed by atoms with Crippen LogP contribution in [0.4, 0.5) is 0 Å². The summed E-state index contributed by atoms with van der Waals surface area (Å²) in [6.45, 7) is 0.101. The SMILES string of the molecule is CNC(=O)C1CC(Oc2cccnc2)CN1S(=O)(=O)c1ccccc1. The summed E-state index contributed by atoms with van der Waals surface area (Å²) in [5, 5.41) is 2.53. The van der Waals surface area contributed by atoms with Gasteiger partial charge in [0, 0.05) is 19.7 Å². The van der Waals surface area contributed by atoms with Crippen LogP contribution in [0.1, 0.15) is 6.42 Å². The summed E-state index contributed by atoms with van der Waals surface area (Å²) < 4.78 is 32.9. The van der Waals surface area contributed by atoms with E-state index in [1.165, 1.54) is 23.5 Å². The highest BCUT2D eigenvalue weighted by molar-refractivity contribution is 7.89. The molecule has 0 radical (unpaired) electrons. The standard InChI is InChI=1S/C17H19N3O4S/c1-18-17(21)16-10-14(24-13-6-5-9-19-11-13)12-20(16)25(22,23)15-7-3-2-4-8-15/h2-9,11,14,16H,10,12H2,1H3,(H,18,21). The first-order valence-corrected chi connectivity index (χ1v) is 9.31. The number of benzene rings is 1. The number of pyridine rings is 1. The van der Waals surface area contributed by atoms with Gasteiger partial charge in [0.15, 0.2) is 0 Å². The smallest absolute Gasteiger partial charge is 0.243 e. The Kier molecular flexibility index (Phi) is 5.00. The van der Waals surface area contributed by atoms with Gasteiger partial charge < -0.3 is 10.1 Å². The third kappa shape index (κ3) is 3.64. The number of aromatic nitrogens is 1. The van der Waals surface area contributed by atoms with Crippen LogP contribution in [0.3, 0.4) is 0 Å². The molecule has 0 bridgehead atoms. The van der Waals surface area contributed by atoms with Gasteiger partial charge in [0.25, 0.3) is 0 Å². The van der Waals surface area contributed by atoms with Crippen molar-refractivity contribution in [3.63, 3.8) is 0 Å². The van der Waals surface area contributed by atoms with Crippen molar-refractivity contribution in [3.8, 4) is 5.75 Å². The Labute approximate surface area is 146 Å². The highest BCUT2D eigenvalue weighted by Crippen LogP contribution is 2.28. The van der Waals surface area contributed by atoms with Gasteiger partial charge in [-0.15, -0.1) is 0 Å². The lowest BCUT2D eigenvalue weighted by atomic mass is 10.2. The minimum atomic E-state index is -3.79. The van der Waals surface area contributed by atoms with Crippen LogP contribution in [0.25, 0.3) is 0 Å². The van der Waals surface area contributed by atoms with Gasteiger partial charge >= 0.3 is 0 Å². The number of amides is 1. The number of nitrogens with zero attached hydrogens (tertiary/aromatic N) is 2. The van der Waals surface area contributed by atoms with Crippen molar-refractivity contribution in [2.24, 2.45) is 0 Å². The second-order valence-electron chi connectivity index (χ2n) is 5.68. The first-order chi connectivity index (χ1) is 12.0. The Hall–Kier alpha value is -2.45. The highest BCUT2D eigenvalue weighted by atomic mass is 32.2. The van der Waals surface area contributed by atoms with Gasteiger partial charge in [-0.25, -0.2) is 8.42 Å². The maximum absolute atomic E-state index is 12.9. The molecule has 0 saturated carbocycles. The lowest BCUT2D eigenvalue weighted by Gasteiger charge is -2.22. The molecule has 0 spiro atoms. The van der Waals surface area contributed by atoms with E-state index in [1.54, 1.807) is 42.7 Å². The maximum Gasteiger partial charge on any atom is 0.243 e. The quantitative estimate of drug-likeness (QED) is 0.860. The zero-order valence-corrected chi connectivity index (χ0v) is 14.5. The molecule has 2 unspecified atom stereocenters. The molecule has 2 atom stereocenters. The summed E-state index contributed by atoms with van der Waals surface area (Å²) in [6.07, 6.45) is 3.04. The lowest BCUT2D eigenvalue weighted by molar-refractivity contribution is -0.123. The number of sulfonamides is 1. The Bertz CT molecular complexity index is 827. The molecule has 8 heteroatoms. The van der Waals surface area contributed by atoms with E-state index in [0.29, 0.717) is 5.75 Å². The largest absolute Gasteiger partial charge is 0.487 e. The van der Waals surface area contributed by atoms with E-state index in [4.69, 9.17) is 4.74 Å². The number of likely N-dealkylation sites (N-methyl/N-ethyl adjacent to an activating group) is 1. The molecule has 1 aliphatic heterocycles. The molecule has 2 heterocycles. The summed E-state index contributed by atoms with van der Waals surface area (Å²) in [5.41, 5.74) is 0. The molecule has 1 saturated heterocycles. The molecule has 7 nitrogen and oxygen atoms in total. The van der Waals surface area contributed by atoms with Gasteiger partial charge in [0.2, 0.25) is 15.9 Å². The number of carbonyl (C=O) groups excluding carboxylic acids is 1. The number of hydrogen-bond donors (Lipinski definition) is 1. The molecule has 25 heavy (non-hydrogen) atoms. The normalized spacial score (nSPS) is 21.0. The van der Waals surface area contributed by atoms with E-state index in [-0.39, 0.29) is 23.8 Å². The Morgan fingerprint density at radius 2 is 2.00 bits per heavy atom. The van der Waals surface area contributed by atoms with Crippen LogP contribution in [0.2, 0.25) is 0 Å². The fraction of sp³-hybridized carbons (Fsp3) is 0.294. The minimum absolute atomic E-state index is 0.101. The van der Waals surface area contributed by atoms with Gasteiger partial charge in [-0.2, -0.15) is 4.31 Å². The molecule has 1 N–H and O–H groups in total. The molecular formula is C17H19N3O4S. The van der Waals surface area contributed by atoms with Crippen LogP contribution in [0, 0.1) is 0 Å². The predicted molar refractivity (Wildman–Crippen MR) is 91.5 cm³/mol.